The summed E-state index contributed by atoms with van der Waals surface area (Å²) in [6.07, 6.45) is 5.02. The fourth-order valence-corrected chi connectivity index (χ4v) is 2.93. The third kappa shape index (κ3) is 3.64. The molecule has 0 radical (unpaired) electrons. The first-order valence-electron chi connectivity index (χ1n) is 8.66. The van der Waals surface area contributed by atoms with Crippen LogP contribution in [0.2, 0.25) is 0 Å². The summed E-state index contributed by atoms with van der Waals surface area (Å²) in [4.78, 5) is 18.0. The van der Waals surface area contributed by atoms with Gasteiger partial charge in [0.2, 0.25) is 11.7 Å². The van der Waals surface area contributed by atoms with Gasteiger partial charge in [0.05, 0.1) is 12.2 Å². The molecule has 1 aliphatic heterocycles. The number of nitrogens with zero attached hydrogens (tertiary/aromatic N) is 5. The highest BCUT2D eigenvalue weighted by Crippen LogP contribution is 2.25. The average molecular weight is 398 g/mol. The first-order chi connectivity index (χ1) is 13.9. The van der Waals surface area contributed by atoms with Gasteiger partial charge in [0.15, 0.2) is 0 Å². The zero-order valence-corrected chi connectivity index (χ0v) is 15.6. The Morgan fingerprint density at radius 1 is 1.28 bits per heavy atom. The highest BCUT2D eigenvalue weighted by molar-refractivity contribution is 5.92. The number of anilines is 1. The third-order valence-electron chi connectivity index (χ3n) is 4.33. The number of carbonyl (C=O) groups excluding carboxylic acids is 1. The Balaban J connectivity index is 1.53. The van der Waals surface area contributed by atoms with Crippen molar-refractivity contribution in [3.8, 4) is 11.5 Å². The largest absolute Gasteiger partial charge is 0.339 e. The molecule has 0 bridgehead atoms. The van der Waals surface area contributed by atoms with Crippen LogP contribution in [0.3, 0.4) is 0 Å². The van der Waals surface area contributed by atoms with Gasteiger partial charge in [-0.3, -0.25) is 9.58 Å². The van der Waals surface area contributed by atoms with Crippen LogP contribution in [0, 0.1) is 18.6 Å². The number of amides is 2. The Labute approximate surface area is 164 Å². The van der Waals surface area contributed by atoms with Crippen LogP contribution in [0.25, 0.3) is 17.1 Å². The van der Waals surface area contributed by atoms with E-state index < -0.39 is 23.4 Å². The summed E-state index contributed by atoms with van der Waals surface area (Å²) < 4.78 is 34.2. The van der Waals surface area contributed by atoms with Gasteiger partial charge in [-0.2, -0.15) is 10.1 Å². The molecular weight excluding hydrogens is 382 g/mol. The van der Waals surface area contributed by atoms with E-state index in [0.717, 1.165) is 23.4 Å². The molecule has 0 aliphatic carbocycles. The van der Waals surface area contributed by atoms with Crippen molar-refractivity contribution in [2.45, 2.75) is 6.92 Å². The van der Waals surface area contributed by atoms with Crippen LogP contribution in [0.15, 0.2) is 47.1 Å². The van der Waals surface area contributed by atoms with Crippen LogP contribution >= 0.6 is 0 Å². The summed E-state index contributed by atoms with van der Waals surface area (Å²) in [6.45, 7) is 1.87. The third-order valence-corrected chi connectivity index (χ3v) is 4.33. The molecule has 1 aliphatic rings. The van der Waals surface area contributed by atoms with E-state index in [1.165, 1.54) is 17.2 Å². The van der Waals surface area contributed by atoms with Gasteiger partial charge in [0.1, 0.15) is 23.0 Å². The van der Waals surface area contributed by atoms with Crippen LogP contribution in [-0.2, 0) is 7.05 Å². The number of para-hydroxylation sites is 1. The first kappa shape index (κ1) is 18.5. The summed E-state index contributed by atoms with van der Waals surface area (Å²) in [5.74, 6) is -0.903. The van der Waals surface area contributed by atoms with Crippen molar-refractivity contribution in [1.29, 1.82) is 0 Å². The van der Waals surface area contributed by atoms with E-state index in [9.17, 15) is 13.6 Å². The number of carbonyl (C=O) groups is 1. The topological polar surface area (TPSA) is 89.1 Å². The number of hydrogen-bond acceptors (Lipinski definition) is 5. The molecule has 0 spiro atoms. The Morgan fingerprint density at radius 3 is 2.72 bits per heavy atom. The normalized spacial score (nSPS) is 13.5. The summed E-state index contributed by atoms with van der Waals surface area (Å²) >= 11 is 0. The van der Waals surface area contributed by atoms with Crippen molar-refractivity contribution >= 4 is 17.3 Å². The molecule has 3 aromatic rings. The van der Waals surface area contributed by atoms with Crippen LogP contribution in [0.1, 0.15) is 11.6 Å². The molecular formula is C19H16F2N6O2. The minimum absolute atomic E-state index is 0.183. The monoisotopic (exact) mass is 398 g/mol. The van der Waals surface area contributed by atoms with Crippen molar-refractivity contribution in [2.24, 2.45) is 7.05 Å². The highest BCUT2D eigenvalue weighted by atomic mass is 19.1. The highest BCUT2D eigenvalue weighted by Gasteiger charge is 2.22. The molecule has 0 atom stereocenters. The molecule has 3 heterocycles. The Kier molecular flexibility index (Phi) is 4.67. The number of aryl methyl sites for hydroxylation is 2. The van der Waals surface area contributed by atoms with Gasteiger partial charge in [-0.1, -0.05) is 17.3 Å². The van der Waals surface area contributed by atoms with E-state index >= 15 is 0 Å². The molecule has 0 unspecified atom stereocenters. The summed E-state index contributed by atoms with van der Waals surface area (Å²) in [5.41, 5.74) is 1.55. The van der Waals surface area contributed by atoms with Crippen molar-refractivity contribution in [1.82, 2.24) is 24.8 Å². The van der Waals surface area contributed by atoms with Gasteiger partial charge in [-0.25, -0.2) is 13.6 Å². The second kappa shape index (κ2) is 7.30. The lowest BCUT2D eigenvalue weighted by molar-refractivity contribution is 0.232. The Morgan fingerprint density at radius 2 is 2.03 bits per heavy atom. The van der Waals surface area contributed by atoms with Gasteiger partial charge in [-0.15, -0.1) is 0 Å². The molecule has 1 aromatic carbocycles. The maximum Gasteiger partial charge on any atom is 0.326 e. The lowest BCUT2D eigenvalue weighted by atomic mass is 10.1. The van der Waals surface area contributed by atoms with Gasteiger partial charge in [0.25, 0.3) is 0 Å². The number of halogens is 2. The molecule has 8 nitrogen and oxygen atoms in total. The minimum Gasteiger partial charge on any atom is -0.339 e. The predicted molar refractivity (Wildman–Crippen MR) is 100 cm³/mol. The summed E-state index contributed by atoms with van der Waals surface area (Å²) in [5, 5.41) is 10.5. The van der Waals surface area contributed by atoms with Crippen molar-refractivity contribution in [2.75, 3.05) is 11.9 Å². The number of rotatable bonds is 3. The molecule has 1 N–H and O–H groups in total. The van der Waals surface area contributed by atoms with Crippen LogP contribution in [0.4, 0.5) is 19.3 Å². The van der Waals surface area contributed by atoms with Gasteiger partial charge < -0.3 is 9.84 Å². The molecule has 29 heavy (non-hydrogen) atoms. The smallest absolute Gasteiger partial charge is 0.326 e. The molecule has 4 rings (SSSR count). The molecule has 2 aromatic heterocycles. The molecule has 0 saturated heterocycles. The predicted octanol–water partition coefficient (Wildman–Crippen LogP) is 3.50. The van der Waals surface area contributed by atoms with Crippen LogP contribution in [-0.4, -0.2) is 37.4 Å². The van der Waals surface area contributed by atoms with E-state index in [2.05, 4.69) is 20.6 Å². The second-order valence-electron chi connectivity index (χ2n) is 6.36. The van der Waals surface area contributed by atoms with Gasteiger partial charge >= 0.3 is 6.03 Å². The first-order valence-corrected chi connectivity index (χ1v) is 8.66. The van der Waals surface area contributed by atoms with E-state index in [1.54, 1.807) is 30.8 Å². The minimum atomic E-state index is -0.846. The van der Waals surface area contributed by atoms with Crippen molar-refractivity contribution < 1.29 is 18.1 Å². The number of allylic oxidation sites excluding steroid dienone is 2. The maximum absolute atomic E-state index is 13.8. The number of nitrogens with one attached hydrogen (secondary N) is 1. The van der Waals surface area contributed by atoms with E-state index in [0.29, 0.717) is 17.4 Å². The quantitative estimate of drug-likeness (QED) is 0.729. The lowest BCUT2D eigenvalue weighted by Gasteiger charge is -2.23. The van der Waals surface area contributed by atoms with E-state index in [-0.39, 0.29) is 6.54 Å². The van der Waals surface area contributed by atoms with E-state index in [4.69, 9.17) is 4.52 Å². The number of hydrogen-bond donors (Lipinski definition) is 1. The molecule has 148 valence electrons. The second-order valence-corrected chi connectivity index (χ2v) is 6.36. The summed E-state index contributed by atoms with van der Waals surface area (Å²) in [6, 6.07) is 4.50. The van der Waals surface area contributed by atoms with Crippen molar-refractivity contribution in [3.05, 3.63) is 65.8 Å². The molecule has 0 fully saturated rings. The Hall–Kier alpha value is -3.82. The average Bonchev–Trinajstić information content (AvgIpc) is 3.30. The maximum atomic E-state index is 13.8. The van der Waals surface area contributed by atoms with Crippen LogP contribution in [0.5, 0.6) is 0 Å². The van der Waals surface area contributed by atoms with Gasteiger partial charge in [-0.05, 0) is 29.8 Å². The number of urea groups is 1. The SMILES string of the molecule is Cc1nc(-c2cc(C3=CC=CN(C(=O)Nc4c(F)cccc4F)C3)n(C)n2)no1. The lowest BCUT2D eigenvalue weighted by Crippen LogP contribution is -2.33. The zero-order valence-electron chi connectivity index (χ0n) is 15.6. The molecule has 0 saturated carbocycles. The Bertz CT molecular complexity index is 1130. The van der Waals surface area contributed by atoms with Gasteiger partial charge in [0, 0.05) is 20.2 Å². The summed E-state index contributed by atoms with van der Waals surface area (Å²) in [7, 11) is 1.75. The molecule has 2 amide bonds. The van der Waals surface area contributed by atoms with E-state index in [1.807, 2.05) is 6.08 Å². The number of aromatic nitrogens is 4. The van der Waals surface area contributed by atoms with Crippen molar-refractivity contribution in [3.63, 3.8) is 0 Å². The fourth-order valence-electron chi connectivity index (χ4n) is 2.93. The standard InChI is InChI=1S/C19H16F2N6O2/c1-11-22-18(25-29-11)15-9-16(26(2)24-15)12-5-4-8-27(10-12)19(28)23-17-13(20)6-3-7-14(17)21/h3-9H,10H2,1-2H3,(H,23,28). The fraction of sp³-hybridized carbons (Fsp3) is 0.158. The number of benzene rings is 1. The zero-order chi connectivity index (χ0) is 20.5. The van der Waals surface area contributed by atoms with Crippen LogP contribution < -0.4 is 5.32 Å². The molecule has 10 heteroatoms.